The molecule has 0 atom stereocenters. The van der Waals surface area contributed by atoms with Crippen molar-refractivity contribution in [2.45, 2.75) is 19.4 Å². The molecule has 2 heterocycles. The lowest BCUT2D eigenvalue weighted by Gasteiger charge is -2.40. The number of ether oxygens (including phenoxy) is 2. The van der Waals surface area contributed by atoms with Crippen LogP contribution in [-0.4, -0.2) is 71.1 Å². The molecule has 1 amide bonds. The summed E-state index contributed by atoms with van der Waals surface area (Å²) in [5.41, 5.74) is 1.38. The zero-order valence-corrected chi connectivity index (χ0v) is 18.7. The highest BCUT2D eigenvalue weighted by molar-refractivity contribution is 5.91. The summed E-state index contributed by atoms with van der Waals surface area (Å²) in [4.78, 5) is 20.2. The predicted molar refractivity (Wildman–Crippen MR) is 122 cm³/mol. The topological polar surface area (TPSA) is 81.5 Å². The van der Waals surface area contributed by atoms with E-state index in [9.17, 15) is 4.79 Å². The molecular formula is C24H29N5O3. The second-order valence-corrected chi connectivity index (χ2v) is 8.33. The largest absolute Gasteiger partial charge is 0.497 e. The van der Waals surface area contributed by atoms with Gasteiger partial charge in [-0.1, -0.05) is 30.3 Å². The first-order valence-corrected chi connectivity index (χ1v) is 10.8. The number of carbonyl (C=O) groups is 1. The molecule has 4 rings (SSSR count). The summed E-state index contributed by atoms with van der Waals surface area (Å²) < 4.78 is 12.3. The maximum absolute atomic E-state index is 13.2. The molecule has 32 heavy (non-hydrogen) atoms. The maximum Gasteiger partial charge on any atom is 0.289 e. The van der Waals surface area contributed by atoms with Gasteiger partial charge in [-0.05, 0) is 38.1 Å². The Morgan fingerprint density at radius 1 is 1.09 bits per heavy atom. The van der Waals surface area contributed by atoms with Crippen LogP contribution in [-0.2, 0) is 4.74 Å². The van der Waals surface area contributed by atoms with Gasteiger partial charge in [-0.3, -0.25) is 9.69 Å². The molecule has 168 valence electrons. The molecule has 1 N–H and O–H groups in total. The number of rotatable bonds is 7. The number of carbonyl (C=O) groups excluding carboxylic acids is 1. The van der Waals surface area contributed by atoms with Crippen LogP contribution < -0.4 is 10.1 Å². The average Bonchev–Trinajstić information content (AvgIpc) is 3.29. The molecule has 1 aliphatic rings. The van der Waals surface area contributed by atoms with Crippen LogP contribution in [0.15, 0.2) is 54.6 Å². The van der Waals surface area contributed by atoms with Crippen LogP contribution in [0.5, 0.6) is 5.75 Å². The molecule has 0 saturated carbocycles. The third-order valence-electron chi connectivity index (χ3n) is 5.71. The highest BCUT2D eigenvalue weighted by atomic mass is 16.5. The smallest absolute Gasteiger partial charge is 0.289 e. The van der Waals surface area contributed by atoms with Gasteiger partial charge in [-0.25, -0.2) is 9.67 Å². The fourth-order valence-corrected chi connectivity index (χ4v) is 3.73. The Labute approximate surface area is 188 Å². The molecular weight excluding hydrogens is 406 g/mol. The van der Waals surface area contributed by atoms with Crippen LogP contribution >= 0.6 is 0 Å². The number of methoxy groups -OCH3 is 1. The van der Waals surface area contributed by atoms with E-state index >= 15 is 0 Å². The quantitative estimate of drug-likeness (QED) is 0.615. The van der Waals surface area contributed by atoms with Gasteiger partial charge in [0.25, 0.3) is 5.91 Å². The minimum absolute atomic E-state index is 0.202. The Morgan fingerprint density at radius 2 is 1.78 bits per heavy atom. The predicted octanol–water partition coefficient (Wildman–Crippen LogP) is 2.78. The standard InChI is InChI=1S/C24H29N5O3/c1-24(2,28-13-15-32-16-14-28)17-25-23(30)22-26-21(18-7-5-4-6-8-18)27-29(22)19-9-11-20(31-3)12-10-19/h4-12H,13-17H2,1-3H3,(H,25,30). The summed E-state index contributed by atoms with van der Waals surface area (Å²) in [5, 5.41) is 7.70. The molecule has 1 saturated heterocycles. The van der Waals surface area contributed by atoms with E-state index in [1.807, 2.05) is 54.6 Å². The van der Waals surface area contributed by atoms with E-state index in [4.69, 9.17) is 9.47 Å². The zero-order valence-electron chi connectivity index (χ0n) is 18.7. The van der Waals surface area contributed by atoms with Crippen molar-refractivity contribution in [2.75, 3.05) is 40.0 Å². The number of aromatic nitrogens is 3. The maximum atomic E-state index is 13.2. The Balaban J connectivity index is 1.60. The van der Waals surface area contributed by atoms with Crippen molar-refractivity contribution in [3.05, 3.63) is 60.4 Å². The van der Waals surface area contributed by atoms with Crippen molar-refractivity contribution in [1.29, 1.82) is 0 Å². The SMILES string of the molecule is COc1ccc(-n2nc(-c3ccccc3)nc2C(=O)NCC(C)(C)N2CCOCC2)cc1. The Kier molecular flexibility index (Phi) is 6.53. The van der Waals surface area contributed by atoms with E-state index in [-0.39, 0.29) is 17.3 Å². The van der Waals surface area contributed by atoms with Crippen molar-refractivity contribution in [2.24, 2.45) is 0 Å². The molecule has 8 nitrogen and oxygen atoms in total. The summed E-state index contributed by atoms with van der Waals surface area (Å²) in [6.07, 6.45) is 0. The van der Waals surface area contributed by atoms with Crippen molar-refractivity contribution in [1.82, 2.24) is 25.0 Å². The lowest BCUT2D eigenvalue weighted by molar-refractivity contribution is -0.00926. The van der Waals surface area contributed by atoms with Crippen LogP contribution in [0, 0.1) is 0 Å². The molecule has 2 aromatic carbocycles. The first-order chi connectivity index (χ1) is 15.5. The number of hydrogen-bond acceptors (Lipinski definition) is 6. The van der Waals surface area contributed by atoms with Gasteiger partial charge in [-0.15, -0.1) is 5.10 Å². The Bertz CT molecular complexity index is 1040. The third-order valence-corrected chi connectivity index (χ3v) is 5.71. The Hall–Kier alpha value is -3.23. The fourth-order valence-electron chi connectivity index (χ4n) is 3.73. The average molecular weight is 436 g/mol. The van der Waals surface area contributed by atoms with Crippen molar-refractivity contribution in [3.8, 4) is 22.8 Å². The van der Waals surface area contributed by atoms with Gasteiger partial charge < -0.3 is 14.8 Å². The normalized spacial score (nSPS) is 14.8. The number of morpholine rings is 1. The van der Waals surface area contributed by atoms with Gasteiger partial charge in [0.05, 0.1) is 26.0 Å². The highest BCUT2D eigenvalue weighted by Crippen LogP contribution is 2.21. The van der Waals surface area contributed by atoms with Gasteiger partial charge in [0, 0.05) is 30.7 Å². The number of nitrogens with zero attached hydrogens (tertiary/aromatic N) is 4. The zero-order chi connectivity index (χ0) is 22.6. The van der Waals surface area contributed by atoms with E-state index in [1.165, 1.54) is 0 Å². The minimum atomic E-state index is -0.267. The minimum Gasteiger partial charge on any atom is -0.497 e. The van der Waals surface area contributed by atoms with Gasteiger partial charge in [0.15, 0.2) is 5.82 Å². The second-order valence-electron chi connectivity index (χ2n) is 8.33. The molecule has 0 radical (unpaired) electrons. The monoisotopic (exact) mass is 435 g/mol. The number of nitrogens with one attached hydrogen (secondary N) is 1. The number of hydrogen-bond donors (Lipinski definition) is 1. The lowest BCUT2D eigenvalue weighted by Crippen LogP contribution is -2.55. The van der Waals surface area contributed by atoms with E-state index in [0.717, 1.165) is 30.1 Å². The second kappa shape index (κ2) is 9.50. The van der Waals surface area contributed by atoms with Crippen LogP contribution in [0.1, 0.15) is 24.5 Å². The van der Waals surface area contributed by atoms with Crippen molar-refractivity contribution < 1.29 is 14.3 Å². The van der Waals surface area contributed by atoms with E-state index in [0.29, 0.717) is 25.6 Å². The first kappa shape index (κ1) is 22.0. The molecule has 1 fully saturated rings. The van der Waals surface area contributed by atoms with E-state index in [1.54, 1.807) is 11.8 Å². The molecule has 0 spiro atoms. The number of amides is 1. The van der Waals surface area contributed by atoms with Crippen LogP contribution in [0.3, 0.4) is 0 Å². The van der Waals surface area contributed by atoms with E-state index < -0.39 is 0 Å². The van der Waals surface area contributed by atoms with Gasteiger partial charge in [0.2, 0.25) is 5.82 Å². The molecule has 0 aliphatic carbocycles. The van der Waals surface area contributed by atoms with Crippen LogP contribution in [0.25, 0.3) is 17.1 Å². The molecule has 0 unspecified atom stereocenters. The van der Waals surface area contributed by atoms with E-state index in [2.05, 4.69) is 34.1 Å². The highest BCUT2D eigenvalue weighted by Gasteiger charge is 2.29. The lowest BCUT2D eigenvalue weighted by atomic mass is 10.0. The van der Waals surface area contributed by atoms with Crippen LogP contribution in [0.2, 0.25) is 0 Å². The van der Waals surface area contributed by atoms with Crippen molar-refractivity contribution in [3.63, 3.8) is 0 Å². The number of benzene rings is 2. The summed E-state index contributed by atoms with van der Waals surface area (Å²) in [5.74, 6) is 1.21. The summed E-state index contributed by atoms with van der Waals surface area (Å²) in [6, 6.07) is 17.0. The summed E-state index contributed by atoms with van der Waals surface area (Å²) >= 11 is 0. The van der Waals surface area contributed by atoms with Crippen LogP contribution in [0.4, 0.5) is 0 Å². The fraction of sp³-hybridized carbons (Fsp3) is 0.375. The van der Waals surface area contributed by atoms with Crippen molar-refractivity contribution >= 4 is 5.91 Å². The molecule has 3 aromatic rings. The Morgan fingerprint density at radius 3 is 2.44 bits per heavy atom. The first-order valence-electron chi connectivity index (χ1n) is 10.8. The molecule has 8 heteroatoms. The van der Waals surface area contributed by atoms with Gasteiger partial charge in [-0.2, -0.15) is 0 Å². The summed E-state index contributed by atoms with van der Waals surface area (Å²) in [7, 11) is 1.62. The molecule has 1 aromatic heterocycles. The third kappa shape index (κ3) is 4.81. The molecule has 1 aliphatic heterocycles. The van der Waals surface area contributed by atoms with Gasteiger partial charge >= 0.3 is 0 Å². The van der Waals surface area contributed by atoms with Gasteiger partial charge in [0.1, 0.15) is 5.75 Å². The molecule has 0 bridgehead atoms. The summed E-state index contributed by atoms with van der Waals surface area (Å²) in [6.45, 7) is 7.87.